The van der Waals surface area contributed by atoms with Crippen LogP contribution < -0.4 is 0 Å². The average Bonchev–Trinajstić information content (AvgIpc) is 2.95. The topological polar surface area (TPSA) is 70.5 Å². The zero-order valence-corrected chi connectivity index (χ0v) is 12.1. The molecule has 2 heterocycles. The lowest BCUT2D eigenvalue weighted by atomic mass is 9.97. The molecule has 1 N–H and O–H groups in total. The van der Waals surface area contributed by atoms with Gasteiger partial charge in [0.1, 0.15) is 4.88 Å². The first-order valence-corrected chi connectivity index (χ1v) is 7.51. The van der Waals surface area contributed by atoms with Crippen LogP contribution in [-0.4, -0.2) is 40.0 Å². The summed E-state index contributed by atoms with van der Waals surface area (Å²) in [6, 6.07) is 0. The predicted molar refractivity (Wildman–Crippen MR) is 77.1 cm³/mol. The number of hydrogen-bond acceptors (Lipinski definition) is 4. The van der Waals surface area contributed by atoms with E-state index in [0.717, 1.165) is 30.9 Å². The number of nitrogens with zero attached hydrogens (tertiary/aromatic N) is 2. The van der Waals surface area contributed by atoms with Gasteiger partial charge < -0.3 is 10.0 Å². The first-order chi connectivity index (χ1) is 9.61. The average molecular weight is 294 g/mol. The lowest BCUT2D eigenvalue weighted by Crippen LogP contribution is -2.37. The third-order valence-electron chi connectivity index (χ3n) is 3.49. The molecule has 1 fully saturated rings. The summed E-state index contributed by atoms with van der Waals surface area (Å²) in [4.78, 5) is 29.1. The summed E-state index contributed by atoms with van der Waals surface area (Å²) in [6.07, 6.45) is 6.12. The summed E-state index contributed by atoms with van der Waals surface area (Å²) >= 11 is 1.24. The Morgan fingerprint density at radius 3 is 2.75 bits per heavy atom. The maximum atomic E-state index is 11.9. The number of carboxylic acid groups (broad SMARTS) is 1. The largest absolute Gasteiger partial charge is 0.477 e. The molecule has 5 nitrogen and oxygen atoms in total. The number of hydrogen-bond donors (Lipinski definition) is 1. The van der Waals surface area contributed by atoms with Crippen LogP contribution in [0.5, 0.6) is 0 Å². The van der Waals surface area contributed by atoms with Crippen molar-refractivity contribution in [2.75, 3.05) is 13.1 Å². The van der Waals surface area contributed by atoms with Crippen LogP contribution in [0.3, 0.4) is 0 Å². The van der Waals surface area contributed by atoms with Crippen molar-refractivity contribution in [1.29, 1.82) is 0 Å². The molecule has 0 atom stereocenters. The molecule has 0 saturated carbocycles. The smallest absolute Gasteiger partial charge is 0.347 e. The van der Waals surface area contributed by atoms with Crippen molar-refractivity contribution >= 4 is 23.2 Å². The van der Waals surface area contributed by atoms with Crippen LogP contribution in [0.4, 0.5) is 0 Å². The third-order valence-corrected chi connectivity index (χ3v) is 4.64. The Morgan fingerprint density at radius 2 is 2.20 bits per heavy atom. The minimum absolute atomic E-state index is 0.175. The van der Waals surface area contributed by atoms with Gasteiger partial charge in [-0.15, -0.1) is 17.9 Å². The second kappa shape index (κ2) is 6.65. The van der Waals surface area contributed by atoms with E-state index in [1.165, 1.54) is 17.5 Å². The van der Waals surface area contributed by atoms with Crippen LogP contribution in [-0.2, 0) is 4.79 Å². The number of thiazole rings is 1. The van der Waals surface area contributed by atoms with Crippen LogP contribution in [0.2, 0.25) is 0 Å². The van der Waals surface area contributed by atoms with Gasteiger partial charge in [-0.2, -0.15) is 0 Å². The molecule has 6 heteroatoms. The molecule has 1 aromatic heterocycles. The molecule has 1 aromatic rings. The van der Waals surface area contributed by atoms with Crippen molar-refractivity contribution in [3.05, 3.63) is 28.7 Å². The van der Waals surface area contributed by atoms with Crippen molar-refractivity contribution in [3.63, 3.8) is 0 Å². The molecule has 0 aliphatic carbocycles. The summed E-state index contributed by atoms with van der Waals surface area (Å²) in [6.45, 7) is 5.07. The van der Waals surface area contributed by atoms with Gasteiger partial charge in [-0.25, -0.2) is 9.78 Å². The summed E-state index contributed by atoms with van der Waals surface area (Å²) < 4.78 is 0. The van der Waals surface area contributed by atoms with E-state index in [-0.39, 0.29) is 16.7 Å². The summed E-state index contributed by atoms with van der Waals surface area (Å²) in [5, 5.41) is 9.78. The van der Waals surface area contributed by atoms with Gasteiger partial charge in [0, 0.05) is 25.4 Å². The van der Waals surface area contributed by atoms with Gasteiger partial charge in [-0.3, -0.25) is 4.79 Å². The lowest BCUT2D eigenvalue weighted by molar-refractivity contribution is -0.132. The van der Waals surface area contributed by atoms with Gasteiger partial charge in [0.25, 0.3) is 0 Å². The van der Waals surface area contributed by atoms with Crippen LogP contribution in [0, 0.1) is 0 Å². The molecule has 0 bridgehead atoms. The van der Waals surface area contributed by atoms with E-state index in [0.29, 0.717) is 12.8 Å². The van der Waals surface area contributed by atoms with E-state index in [9.17, 15) is 9.59 Å². The highest BCUT2D eigenvalue weighted by Crippen LogP contribution is 2.31. The minimum Gasteiger partial charge on any atom is -0.477 e. The zero-order chi connectivity index (χ0) is 14.5. The van der Waals surface area contributed by atoms with Crippen molar-refractivity contribution in [1.82, 2.24) is 9.88 Å². The van der Waals surface area contributed by atoms with Crippen LogP contribution in [0.25, 0.3) is 0 Å². The van der Waals surface area contributed by atoms with Crippen molar-refractivity contribution < 1.29 is 14.7 Å². The van der Waals surface area contributed by atoms with Crippen molar-refractivity contribution in [2.24, 2.45) is 0 Å². The van der Waals surface area contributed by atoms with Crippen LogP contribution >= 0.6 is 11.3 Å². The molecule has 2 rings (SSSR count). The number of carbonyl (C=O) groups excluding carboxylic acids is 1. The molecule has 0 aromatic carbocycles. The Kier molecular flexibility index (Phi) is 4.89. The third kappa shape index (κ3) is 3.45. The van der Waals surface area contributed by atoms with Gasteiger partial charge in [-0.1, -0.05) is 6.08 Å². The second-order valence-electron chi connectivity index (χ2n) is 4.85. The highest BCUT2D eigenvalue weighted by molar-refractivity contribution is 7.13. The maximum Gasteiger partial charge on any atom is 0.347 e. The predicted octanol–water partition coefficient (Wildman–Crippen LogP) is 2.51. The number of amides is 1. The van der Waals surface area contributed by atoms with Gasteiger partial charge in [0.05, 0.1) is 11.2 Å². The fourth-order valence-electron chi connectivity index (χ4n) is 2.33. The standard InChI is InChI=1S/C14H18N2O3S/c1-2-3-4-12(17)16-7-5-10(6-8-16)13-15-9-11(20-13)14(18)19/h2,9-10H,1,3-8H2,(H,18,19). The van der Waals surface area contributed by atoms with E-state index >= 15 is 0 Å². The molecular weight excluding hydrogens is 276 g/mol. The zero-order valence-electron chi connectivity index (χ0n) is 11.2. The number of carboxylic acids is 1. The fraction of sp³-hybridized carbons (Fsp3) is 0.500. The fourth-order valence-corrected chi connectivity index (χ4v) is 3.26. The van der Waals surface area contributed by atoms with Gasteiger partial charge in [0.2, 0.25) is 5.91 Å². The van der Waals surface area contributed by atoms with Crippen LogP contribution in [0.1, 0.15) is 46.3 Å². The minimum atomic E-state index is -0.925. The number of rotatable bonds is 5. The highest BCUT2D eigenvalue weighted by atomic mass is 32.1. The SMILES string of the molecule is C=CCCC(=O)N1CCC(c2ncc(C(=O)O)s2)CC1. The van der Waals surface area contributed by atoms with Crippen LogP contribution in [0.15, 0.2) is 18.9 Å². The van der Waals surface area contributed by atoms with Gasteiger partial charge in [0.15, 0.2) is 0 Å². The van der Waals surface area contributed by atoms with Gasteiger partial charge >= 0.3 is 5.97 Å². The molecular formula is C14H18N2O3S. The molecule has 108 valence electrons. The molecule has 1 saturated heterocycles. The Hall–Kier alpha value is -1.69. The number of aromatic nitrogens is 1. The maximum absolute atomic E-state index is 11.9. The lowest BCUT2D eigenvalue weighted by Gasteiger charge is -2.31. The summed E-state index contributed by atoms with van der Waals surface area (Å²) in [5.74, 6) is -0.476. The van der Waals surface area contributed by atoms with Crippen molar-refractivity contribution in [2.45, 2.75) is 31.6 Å². The monoisotopic (exact) mass is 294 g/mol. The highest BCUT2D eigenvalue weighted by Gasteiger charge is 2.25. The second-order valence-corrected chi connectivity index (χ2v) is 5.91. The molecule has 1 amide bonds. The molecule has 0 unspecified atom stereocenters. The molecule has 1 aliphatic rings. The van der Waals surface area contributed by atoms with E-state index in [1.807, 2.05) is 4.90 Å². The quantitative estimate of drug-likeness (QED) is 0.847. The number of allylic oxidation sites excluding steroid dienone is 1. The van der Waals surface area contributed by atoms with E-state index in [2.05, 4.69) is 11.6 Å². The molecule has 0 spiro atoms. The Labute approximate surface area is 121 Å². The van der Waals surface area contributed by atoms with E-state index in [4.69, 9.17) is 5.11 Å². The Balaban J connectivity index is 1.88. The number of likely N-dealkylation sites (tertiary alicyclic amines) is 1. The number of piperidine rings is 1. The van der Waals surface area contributed by atoms with Gasteiger partial charge in [-0.05, 0) is 19.3 Å². The van der Waals surface area contributed by atoms with E-state index in [1.54, 1.807) is 6.08 Å². The Morgan fingerprint density at radius 1 is 1.50 bits per heavy atom. The summed E-state index contributed by atoms with van der Waals surface area (Å²) in [7, 11) is 0. The number of aromatic carboxylic acids is 1. The number of carbonyl (C=O) groups is 2. The van der Waals surface area contributed by atoms with Crippen molar-refractivity contribution in [3.8, 4) is 0 Å². The Bertz CT molecular complexity index is 504. The normalized spacial score (nSPS) is 16.1. The molecule has 20 heavy (non-hydrogen) atoms. The summed E-state index contributed by atoms with van der Waals surface area (Å²) in [5.41, 5.74) is 0. The first kappa shape index (κ1) is 14.7. The van der Waals surface area contributed by atoms with E-state index < -0.39 is 5.97 Å². The molecule has 1 aliphatic heterocycles. The molecule has 0 radical (unpaired) electrons. The first-order valence-electron chi connectivity index (χ1n) is 6.69.